The number of ether oxygens (including phenoxy) is 2. The van der Waals surface area contributed by atoms with Crippen molar-refractivity contribution in [1.29, 1.82) is 0 Å². The molecule has 0 bridgehead atoms. The van der Waals surface area contributed by atoms with E-state index in [0.717, 1.165) is 0 Å². The first-order chi connectivity index (χ1) is 10.7. The summed E-state index contributed by atoms with van der Waals surface area (Å²) in [7, 11) is 0. The number of hydrogen-bond donors (Lipinski definition) is 8. The molecule has 23 heavy (non-hydrogen) atoms. The number of rotatable bonds is 8. The fraction of sp³-hybridized carbons (Fsp3) is 0.917. The number of carbonyl (C=O) groups excluding carboxylic acids is 1. The molecule has 11 heteroatoms. The predicted molar refractivity (Wildman–Crippen MR) is 69.8 cm³/mol. The highest BCUT2D eigenvalue weighted by Gasteiger charge is 2.44. The second-order valence-electron chi connectivity index (χ2n) is 5.21. The van der Waals surface area contributed by atoms with Gasteiger partial charge in [0.05, 0.1) is 13.2 Å². The van der Waals surface area contributed by atoms with E-state index in [-0.39, 0.29) is 6.29 Å². The van der Waals surface area contributed by atoms with E-state index in [2.05, 4.69) is 0 Å². The highest BCUT2D eigenvalue weighted by atomic mass is 16.7. The van der Waals surface area contributed by atoms with Crippen LogP contribution in [-0.2, 0) is 14.3 Å². The van der Waals surface area contributed by atoms with Gasteiger partial charge in [-0.05, 0) is 0 Å². The van der Waals surface area contributed by atoms with Crippen molar-refractivity contribution < 1.29 is 55.1 Å². The largest absolute Gasteiger partial charge is 0.394 e. The van der Waals surface area contributed by atoms with Gasteiger partial charge in [0.25, 0.3) is 0 Å². The number of aliphatic hydroxyl groups is 8. The van der Waals surface area contributed by atoms with Crippen molar-refractivity contribution in [3.8, 4) is 0 Å². The first-order valence-corrected chi connectivity index (χ1v) is 6.84. The van der Waals surface area contributed by atoms with Gasteiger partial charge >= 0.3 is 0 Å². The van der Waals surface area contributed by atoms with Gasteiger partial charge in [-0.15, -0.1) is 0 Å². The lowest BCUT2D eigenvalue weighted by molar-refractivity contribution is -0.306. The normalized spacial score (nSPS) is 37.0. The molecule has 1 fully saturated rings. The lowest BCUT2D eigenvalue weighted by atomic mass is 9.99. The van der Waals surface area contributed by atoms with Crippen LogP contribution in [0.25, 0.3) is 0 Å². The van der Waals surface area contributed by atoms with Gasteiger partial charge in [-0.2, -0.15) is 0 Å². The molecule has 0 unspecified atom stereocenters. The summed E-state index contributed by atoms with van der Waals surface area (Å²) in [5, 5.41) is 75.4. The Kier molecular flexibility index (Phi) is 7.89. The Morgan fingerprint density at radius 2 is 1.61 bits per heavy atom. The van der Waals surface area contributed by atoms with E-state index < -0.39 is 68.3 Å². The van der Waals surface area contributed by atoms with Crippen molar-refractivity contribution in [3.63, 3.8) is 0 Å². The van der Waals surface area contributed by atoms with Crippen molar-refractivity contribution in [3.05, 3.63) is 0 Å². The molecule has 0 aromatic rings. The van der Waals surface area contributed by atoms with Gasteiger partial charge in [-0.25, -0.2) is 0 Å². The van der Waals surface area contributed by atoms with Crippen molar-refractivity contribution in [1.82, 2.24) is 0 Å². The van der Waals surface area contributed by atoms with E-state index in [1.165, 1.54) is 0 Å². The Labute approximate surface area is 130 Å². The SMILES string of the molecule is O=C[C@@H](O)[C@@H](O)[C@H](O)[C@H](O)CO[C@H]1O[C@@H](CO)[C@H](O)[C@@H](O)[C@@H]1O. The molecular formula is C12H22O11. The third-order valence-corrected chi connectivity index (χ3v) is 3.51. The molecule has 8 N–H and O–H groups in total. The molecule has 1 aliphatic rings. The van der Waals surface area contributed by atoms with E-state index >= 15 is 0 Å². The van der Waals surface area contributed by atoms with Gasteiger partial charge in [0.1, 0.15) is 48.8 Å². The molecule has 1 heterocycles. The average Bonchev–Trinajstić information content (AvgIpc) is 2.56. The van der Waals surface area contributed by atoms with Crippen LogP contribution in [0.15, 0.2) is 0 Å². The molecule has 0 radical (unpaired) electrons. The summed E-state index contributed by atoms with van der Waals surface area (Å²) < 4.78 is 9.94. The van der Waals surface area contributed by atoms with Gasteiger partial charge in [0.15, 0.2) is 12.6 Å². The topological polar surface area (TPSA) is 197 Å². The molecule has 11 nitrogen and oxygen atoms in total. The van der Waals surface area contributed by atoms with Crippen LogP contribution in [0.1, 0.15) is 0 Å². The zero-order chi connectivity index (χ0) is 17.7. The summed E-state index contributed by atoms with van der Waals surface area (Å²) in [6, 6.07) is 0. The molecule has 1 saturated heterocycles. The predicted octanol–water partition coefficient (Wildman–Crippen LogP) is -5.55. The molecule has 1 aliphatic heterocycles. The number of hydrogen-bond acceptors (Lipinski definition) is 11. The molecule has 9 atom stereocenters. The summed E-state index contributed by atoms with van der Waals surface area (Å²) in [6.45, 7) is -1.37. The third-order valence-electron chi connectivity index (χ3n) is 3.51. The second kappa shape index (κ2) is 8.94. The quantitative estimate of drug-likeness (QED) is 0.196. The van der Waals surface area contributed by atoms with Gasteiger partial charge in [0.2, 0.25) is 0 Å². The zero-order valence-corrected chi connectivity index (χ0v) is 12.0. The van der Waals surface area contributed by atoms with Crippen LogP contribution in [0, 0.1) is 0 Å². The third kappa shape index (κ3) is 4.87. The molecule has 0 spiro atoms. The number of carbonyl (C=O) groups is 1. The molecule has 0 aromatic heterocycles. The number of aldehydes is 1. The molecule has 136 valence electrons. The fourth-order valence-electron chi connectivity index (χ4n) is 2.01. The maximum atomic E-state index is 10.3. The molecular weight excluding hydrogens is 320 g/mol. The lowest BCUT2D eigenvalue weighted by Crippen LogP contribution is -2.59. The minimum absolute atomic E-state index is 0.0287. The van der Waals surface area contributed by atoms with Gasteiger partial charge in [-0.3, -0.25) is 0 Å². The maximum Gasteiger partial charge on any atom is 0.186 e. The van der Waals surface area contributed by atoms with Gasteiger partial charge < -0.3 is 55.1 Å². The Bertz CT molecular complexity index is 365. The maximum absolute atomic E-state index is 10.3. The zero-order valence-electron chi connectivity index (χ0n) is 12.0. The summed E-state index contributed by atoms with van der Waals surface area (Å²) in [5.41, 5.74) is 0. The van der Waals surface area contributed by atoms with E-state index in [0.29, 0.717) is 0 Å². The molecule has 1 rings (SSSR count). The van der Waals surface area contributed by atoms with Gasteiger partial charge in [-0.1, -0.05) is 0 Å². The van der Waals surface area contributed by atoms with Crippen LogP contribution in [0.2, 0.25) is 0 Å². The fourth-order valence-corrected chi connectivity index (χ4v) is 2.01. The van der Waals surface area contributed by atoms with Crippen LogP contribution >= 0.6 is 0 Å². The first kappa shape index (κ1) is 20.3. The van der Waals surface area contributed by atoms with Crippen LogP contribution in [-0.4, -0.2) is 115 Å². The molecule has 0 amide bonds. The highest BCUT2D eigenvalue weighted by molar-refractivity contribution is 5.56. The Hall–Kier alpha value is -0.730. The van der Waals surface area contributed by atoms with Crippen molar-refractivity contribution in [2.45, 2.75) is 55.1 Å². The highest BCUT2D eigenvalue weighted by Crippen LogP contribution is 2.22. The van der Waals surface area contributed by atoms with E-state index in [4.69, 9.17) is 19.7 Å². The number of aliphatic hydroxyl groups excluding tert-OH is 8. The van der Waals surface area contributed by atoms with Crippen molar-refractivity contribution in [2.75, 3.05) is 13.2 Å². The second-order valence-corrected chi connectivity index (χ2v) is 5.21. The molecule has 0 aliphatic carbocycles. The summed E-state index contributed by atoms with van der Waals surface area (Å²) in [5.74, 6) is 0. The van der Waals surface area contributed by atoms with Crippen LogP contribution in [0.4, 0.5) is 0 Å². The minimum atomic E-state index is -1.96. The van der Waals surface area contributed by atoms with Crippen LogP contribution in [0.5, 0.6) is 0 Å². The average molecular weight is 342 g/mol. The Balaban J connectivity index is 2.57. The monoisotopic (exact) mass is 342 g/mol. The summed E-state index contributed by atoms with van der Waals surface area (Å²) in [4.78, 5) is 10.3. The Morgan fingerprint density at radius 3 is 2.13 bits per heavy atom. The Morgan fingerprint density at radius 1 is 1.00 bits per heavy atom. The van der Waals surface area contributed by atoms with E-state index in [1.807, 2.05) is 0 Å². The van der Waals surface area contributed by atoms with Gasteiger partial charge in [0, 0.05) is 0 Å². The summed E-state index contributed by atoms with van der Waals surface area (Å²) in [6.07, 6.45) is -15.3. The standard InChI is InChI=1S/C12H22O11/c13-1-4(15)7(17)8(18)5(16)3-22-12-11(21)10(20)9(19)6(2-14)23-12/h1,4-12,14-21H,2-3H2/t4-,5-,6+,7-,8-,9+,10-,11+,12+/m1/s1. The van der Waals surface area contributed by atoms with E-state index in [9.17, 15) is 35.4 Å². The van der Waals surface area contributed by atoms with Crippen molar-refractivity contribution >= 4 is 6.29 Å². The summed E-state index contributed by atoms with van der Waals surface area (Å²) >= 11 is 0. The van der Waals surface area contributed by atoms with Crippen LogP contribution in [0.3, 0.4) is 0 Å². The lowest BCUT2D eigenvalue weighted by Gasteiger charge is -2.40. The smallest absolute Gasteiger partial charge is 0.186 e. The van der Waals surface area contributed by atoms with Crippen molar-refractivity contribution in [2.24, 2.45) is 0 Å². The first-order valence-electron chi connectivity index (χ1n) is 6.84. The van der Waals surface area contributed by atoms with E-state index in [1.54, 1.807) is 0 Å². The molecule has 0 saturated carbocycles. The van der Waals surface area contributed by atoms with Crippen LogP contribution < -0.4 is 0 Å². The molecule has 0 aromatic carbocycles. The minimum Gasteiger partial charge on any atom is -0.394 e.